The SMILES string of the molecule is COc1ccc(N2CCN(C[C@H](O)CO[C@@H]3CCC[C@H]3C)CC2)cc1. The van der Waals surface area contributed by atoms with Gasteiger partial charge in [-0.1, -0.05) is 13.3 Å². The minimum atomic E-state index is -0.389. The first-order chi connectivity index (χ1) is 12.2. The molecule has 3 atom stereocenters. The molecule has 1 aliphatic heterocycles. The van der Waals surface area contributed by atoms with Crippen LogP contribution in [0.15, 0.2) is 24.3 Å². The van der Waals surface area contributed by atoms with Crippen LogP contribution in [-0.2, 0) is 4.74 Å². The van der Waals surface area contributed by atoms with Crippen LogP contribution in [0.1, 0.15) is 26.2 Å². The van der Waals surface area contributed by atoms with Crippen LogP contribution in [-0.4, -0.2) is 68.7 Å². The van der Waals surface area contributed by atoms with Gasteiger partial charge in [0.15, 0.2) is 0 Å². The predicted octanol–water partition coefficient (Wildman–Crippen LogP) is 2.38. The van der Waals surface area contributed by atoms with Crippen molar-refractivity contribution in [1.29, 1.82) is 0 Å². The van der Waals surface area contributed by atoms with Gasteiger partial charge in [-0.05, 0) is 43.0 Å². The second-order valence-electron chi connectivity index (χ2n) is 7.42. The highest BCUT2D eigenvalue weighted by atomic mass is 16.5. The maximum absolute atomic E-state index is 10.3. The van der Waals surface area contributed by atoms with Gasteiger partial charge in [0.1, 0.15) is 5.75 Å². The molecule has 3 rings (SSSR count). The predicted molar refractivity (Wildman–Crippen MR) is 100 cm³/mol. The Kier molecular flexibility index (Phi) is 6.57. The van der Waals surface area contributed by atoms with Crippen LogP contribution in [0.25, 0.3) is 0 Å². The number of hydrogen-bond acceptors (Lipinski definition) is 5. The van der Waals surface area contributed by atoms with E-state index >= 15 is 0 Å². The average Bonchev–Trinajstić information content (AvgIpc) is 3.06. The lowest BCUT2D eigenvalue weighted by Gasteiger charge is -2.37. The van der Waals surface area contributed by atoms with E-state index in [1.807, 2.05) is 12.1 Å². The smallest absolute Gasteiger partial charge is 0.119 e. The molecule has 0 radical (unpaired) electrons. The number of anilines is 1. The van der Waals surface area contributed by atoms with E-state index in [2.05, 4.69) is 28.9 Å². The molecular formula is C20H32N2O3. The first-order valence-corrected chi connectivity index (χ1v) is 9.56. The van der Waals surface area contributed by atoms with Crippen LogP contribution >= 0.6 is 0 Å². The summed E-state index contributed by atoms with van der Waals surface area (Å²) < 4.78 is 11.1. The van der Waals surface area contributed by atoms with Crippen molar-refractivity contribution in [1.82, 2.24) is 4.90 Å². The molecule has 0 unspecified atom stereocenters. The molecule has 0 amide bonds. The topological polar surface area (TPSA) is 45.2 Å². The van der Waals surface area contributed by atoms with Gasteiger partial charge in [0.05, 0.1) is 25.9 Å². The van der Waals surface area contributed by atoms with Gasteiger partial charge in [-0.15, -0.1) is 0 Å². The van der Waals surface area contributed by atoms with Gasteiger partial charge < -0.3 is 19.5 Å². The van der Waals surface area contributed by atoms with Crippen LogP contribution in [0.5, 0.6) is 5.75 Å². The first-order valence-electron chi connectivity index (χ1n) is 9.56. The number of β-amino-alcohol motifs (C(OH)–C–C–N with tert-alkyl or cyclic N) is 1. The van der Waals surface area contributed by atoms with Crippen molar-refractivity contribution in [2.75, 3.05) is 51.3 Å². The molecule has 1 saturated carbocycles. The van der Waals surface area contributed by atoms with E-state index in [4.69, 9.17) is 9.47 Å². The highest BCUT2D eigenvalue weighted by molar-refractivity contribution is 5.49. The molecule has 1 saturated heterocycles. The van der Waals surface area contributed by atoms with E-state index in [9.17, 15) is 5.11 Å². The number of methoxy groups -OCH3 is 1. The Bertz CT molecular complexity index is 514. The van der Waals surface area contributed by atoms with E-state index in [1.54, 1.807) is 7.11 Å². The summed E-state index contributed by atoms with van der Waals surface area (Å²) in [7, 11) is 1.69. The zero-order chi connectivity index (χ0) is 17.6. The number of nitrogens with zero attached hydrogens (tertiary/aromatic N) is 2. The van der Waals surface area contributed by atoms with E-state index in [1.165, 1.54) is 18.5 Å². The third-order valence-electron chi connectivity index (χ3n) is 5.56. The molecule has 140 valence electrons. The zero-order valence-corrected chi connectivity index (χ0v) is 15.6. The van der Waals surface area contributed by atoms with Gasteiger partial charge in [0.2, 0.25) is 0 Å². The zero-order valence-electron chi connectivity index (χ0n) is 15.6. The standard InChI is InChI=1S/C20H32N2O3/c1-16-4-3-5-20(16)25-15-18(23)14-21-10-12-22(13-11-21)17-6-8-19(24-2)9-7-17/h6-9,16,18,20,23H,3-5,10-15H2,1-2H3/t16-,18+,20-/m1/s1. The summed E-state index contributed by atoms with van der Waals surface area (Å²) in [5, 5.41) is 10.3. The van der Waals surface area contributed by atoms with Crippen molar-refractivity contribution in [2.24, 2.45) is 5.92 Å². The van der Waals surface area contributed by atoms with Crippen LogP contribution in [0.4, 0.5) is 5.69 Å². The summed E-state index contributed by atoms with van der Waals surface area (Å²) in [6.07, 6.45) is 3.62. The highest BCUT2D eigenvalue weighted by Crippen LogP contribution is 2.27. The van der Waals surface area contributed by atoms with Crippen LogP contribution < -0.4 is 9.64 Å². The van der Waals surface area contributed by atoms with Crippen molar-refractivity contribution in [3.8, 4) is 5.75 Å². The third kappa shape index (κ3) is 5.09. The van der Waals surface area contributed by atoms with Gasteiger partial charge in [0.25, 0.3) is 0 Å². The number of benzene rings is 1. The molecule has 2 aliphatic rings. The maximum Gasteiger partial charge on any atom is 0.119 e. The fourth-order valence-electron chi connectivity index (χ4n) is 3.93. The fourth-order valence-corrected chi connectivity index (χ4v) is 3.93. The summed E-state index contributed by atoms with van der Waals surface area (Å²) in [4.78, 5) is 4.73. The lowest BCUT2D eigenvalue weighted by molar-refractivity contribution is -0.0321. The third-order valence-corrected chi connectivity index (χ3v) is 5.56. The van der Waals surface area contributed by atoms with Crippen LogP contribution in [0.3, 0.4) is 0 Å². The number of hydrogen-bond donors (Lipinski definition) is 1. The minimum Gasteiger partial charge on any atom is -0.497 e. The highest BCUT2D eigenvalue weighted by Gasteiger charge is 2.25. The lowest BCUT2D eigenvalue weighted by atomic mass is 10.1. The molecule has 5 heteroatoms. The van der Waals surface area contributed by atoms with Crippen LogP contribution in [0.2, 0.25) is 0 Å². The summed E-state index contributed by atoms with van der Waals surface area (Å²) in [5.74, 6) is 1.53. The lowest BCUT2D eigenvalue weighted by Crippen LogP contribution is -2.49. The number of aliphatic hydroxyl groups is 1. The molecule has 1 heterocycles. The Morgan fingerprint density at radius 2 is 1.84 bits per heavy atom. The Morgan fingerprint density at radius 1 is 1.12 bits per heavy atom. The number of piperazine rings is 1. The molecule has 25 heavy (non-hydrogen) atoms. The Morgan fingerprint density at radius 3 is 2.44 bits per heavy atom. The van der Waals surface area contributed by atoms with Gasteiger partial charge >= 0.3 is 0 Å². The van der Waals surface area contributed by atoms with Crippen molar-refractivity contribution in [2.45, 2.75) is 38.4 Å². The Balaban J connectivity index is 1.38. The number of aliphatic hydroxyl groups excluding tert-OH is 1. The Labute approximate surface area is 151 Å². The van der Waals surface area contributed by atoms with Crippen molar-refractivity contribution >= 4 is 5.69 Å². The molecule has 1 aromatic rings. The summed E-state index contributed by atoms with van der Waals surface area (Å²) >= 11 is 0. The molecule has 0 bridgehead atoms. The molecular weight excluding hydrogens is 316 g/mol. The summed E-state index contributed by atoms with van der Waals surface area (Å²) in [6.45, 7) is 7.35. The monoisotopic (exact) mass is 348 g/mol. The van der Waals surface area contributed by atoms with Gasteiger partial charge in [0, 0.05) is 38.4 Å². The van der Waals surface area contributed by atoms with Gasteiger partial charge in [-0.3, -0.25) is 4.90 Å². The minimum absolute atomic E-state index is 0.349. The number of ether oxygens (including phenoxy) is 2. The van der Waals surface area contributed by atoms with Gasteiger partial charge in [-0.2, -0.15) is 0 Å². The molecule has 1 aliphatic carbocycles. The maximum atomic E-state index is 10.3. The molecule has 1 aromatic carbocycles. The Hall–Kier alpha value is -1.30. The summed E-state index contributed by atoms with van der Waals surface area (Å²) in [5.41, 5.74) is 1.24. The van der Waals surface area contributed by atoms with E-state index in [0.717, 1.165) is 38.3 Å². The van der Waals surface area contributed by atoms with Crippen molar-refractivity contribution in [3.05, 3.63) is 24.3 Å². The van der Waals surface area contributed by atoms with Gasteiger partial charge in [-0.25, -0.2) is 0 Å². The molecule has 5 nitrogen and oxygen atoms in total. The first kappa shape index (κ1) is 18.5. The quantitative estimate of drug-likeness (QED) is 0.820. The van der Waals surface area contributed by atoms with Crippen molar-refractivity contribution in [3.63, 3.8) is 0 Å². The number of rotatable bonds is 7. The second kappa shape index (κ2) is 8.88. The van der Waals surface area contributed by atoms with Crippen LogP contribution in [0, 0.1) is 5.92 Å². The normalized spacial score (nSPS) is 26.0. The van der Waals surface area contributed by atoms with Crippen molar-refractivity contribution < 1.29 is 14.6 Å². The average molecular weight is 348 g/mol. The molecule has 0 spiro atoms. The molecule has 1 N–H and O–H groups in total. The van der Waals surface area contributed by atoms with E-state index in [-0.39, 0.29) is 6.10 Å². The van der Waals surface area contributed by atoms with E-state index in [0.29, 0.717) is 25.2 Å². The molecule has 0 aromatic heterocycles. The fraction of sp³-hybridized carbons (Fsp3) is 0.700. The van der Waals surface area contributed by atoms with E-state index < -0.39 is 0 Å². The second-order valence-corrected chi connectivity index (χ2v) is 7.42. The summed E-state index contributed by atoms with van der Waals surface area (Å²) in [6, 6.07) is 8.24. The largest absolute Gasteiger partial charge is 0.497 e. The molecule has 2 fully saturated rings.